The average Bonchev–Trinajstić information content (AvgIpc) is 3.15. The summed E-state index contributed by atoms with van der Waals surface area (Å²) in [6, 6.07) is 8.28. The molecule has 1 nitrogen and oxygen atoms in total. The SMILES string of the molecule is CCC1(c2ccc(CNCCC(F)(F)F)cc2)CC1. The number of alkyl halides is 3. The van der Waals surface area contributed by atoms with Crippen molar-refractivity contribution in [2.45, 2.75) is 50.7 Å². The lowest BCUT2D eigenvalue weighted by Gasteiger charge is -2.13. The fraction of sp³-hybridized carbons (Fsp3) is 0.600. The summed E-state index contributed by atoms with van der Waals surface area (Å²) in [5.41, 5.74) is 2.80. The highest BCUT2D eigenvalue weighted by Gasteiger charge is 2.41. The molecule has 0 aromatic heterocycles. The maximum absolute atomic E-state index is 12.0. The molecule has 0 amide bonds. The molecule has 1 aromatic rings. The van der Waals surface area contributed by atoms with Gasteiger partial charge in [0.05, 0.1) is 6.42 Å². The molecule has 0 saturated heterocycles. The van der Waals surface area contributed by atoms with Gasteiger partial charge in [0.1, 0.15) is 0 Å². The van der Waals surface area contributed by atoms with Crippen LogP contribution in [-0.4, -0.2) is 12.7 Å². The van der Waals surface area contributed by atoms with Gasteiger partial charge in [-0.1, -0.05) is 31.2 Å². The minimum Gasteiger partial charge on any atom is -0.312 e. The van der Waals surface area contributed by atoms with Gasteiger partial charge in [0.2, 0.25) is 0 Å². The summed E-state index contributed by atoms with van der Waals surface area (Å²) < 4.78 is 35.9. The third-order valence-corrected chi connectivity index (χ3v) is 4.01. The van der Waals surface area contributed by atoms with Crippen molar-refractivity contribution in [3.63, 3.8) is 0 Å². The molecule has 0 heterocycles. The first-order valence-electron chi connectivity index (χ1n) is 6.82. The zero-order chi connectivity index (χ0) is 13.9. The second-order valence-corrected chi connectivity index (χ2v) is 5.37. The van der Waals surface area contributed by atoms with Crippen molar-refractivity contribution in [2.24, 2.45) is 0 Å². The Bertz CT molecular complexity index is 404. The largest absolute Gasteiger partial charge is 0.390 e. The molecule has 106 valence electrons. The first kappa shape index (κ1) is 14.4. The molecule has 0 radical (unpaired) electrons. The number of rotatable bonds is 6. The summed E-state index contributed by atoms with van der Waals surface area (Å²) in [6.45, 7) is 2.68. The van der Waals surface area contributed by atoms with Crippen molar-refractivity contribution in [1.82, 2.24) is 5.32 Å². The summed E-state index contributed by atoms with van der Waals surface area (Å²) in [6.07, 6.45) is -1.17. The average molecular weight is 271 g/mol. The number of hydrogen-bond donors (Lipinski definition) is 1. The van der Waals surface area contributed by atoms with Crippen molar-refractivity contribution in [1.29, 1.82) is 0 Å². The van der Waals surface area contributed by atoms with E-state index < -0.39 is 12.6 Å². The van der Waals surface area contributed by atoms with E-state index in [1.54, 1.807) is 0 Å². The predicted octanol–water partition coefficient (Wildman–Crippen LogP) is 4.17. The minimum atomic E-state index is -4.07. The topological polar surface area (TPSA) is 12.0 Å². The van der Waals surface area contributed by atoms with Crippen LogP contribution in [0.5, 0.6) is 0 Å². The normalized spacial score (nSPS) is 17.5. The second-order valence-electron chi connectivity index (χ2n) is 5.37. The van der Waals surface area contributed by atoms with Crippen LogP contribution in [0.2, 0.25) is 0 Å². The van der Waals surface area contributed by atoms with Crippen molar-refractivity contribution < 1.29 is 13.2 Å². The summed E-state index contributed by atoms with van der Waals surface area (Å²) in [5.74, 6) is 0. The van der Waals surface area contributed by atoms with Gasteiger partial charge >= 0.3 is 6.18 Å². The van der Waals surface area contributed by atoms with Gasteiger partial charge in [-0.3, -0.25) is 0 Å². The highest BCUT2D eigenvalue weighted by Crippen LogP contribution is 2.50. The van der Waals surface area contributed by atoms with Gasteiger partial charge in [-0.05, 0) is 35.8 Å². The Hall–Kier alpha value is -1.03. The molecule has 1 N–H and O–H groups in total. The summed E-state index contributed by atoms with van der Waals surface area (Å²) in [7, 11) is 0. The van der Waals surface area contributed by atoms with Crippen molar-refractivity contribution in [2.75, 3.05) is 6.54 Å². The van der Waals surface area contributed by atoms with E-state index in [1.165, 1.54) is 18.4 Å². The van der Waals surface area contributed by atoms with Gasteiger partial charge in [0.25, 0.3) is 0 Å². The maximum atomic E-state index is 12.0. The van der Waals surface area contributed by atoms with Gasteiger partial charge < -0.3 is 5.32 Å². The van der Waals surface area contributed by atoms with Crippen LogP contribution >= 0.6 is 0 Å². The lowest BCUT2D eigenvalue weighted by atomic mass is 9.92. The van der Waals surface area contributed by atoms with E-state index in [1.807, 2.05) is 12.1 Å². The molecule has 1 saturated carbocycles. The van der Waals surface area contributed by atoms with Crippen LogP contribution in [0.25, 0.3) is 0 Å². The highest BCUT2D eigenvalue weighted by molar-refractivity contribution is 5.33. The highest BCUT2D eigenvalue weighted by atomic mass is 19.4. The molecule has 1 aromatic carbocycles. The molecular formula is C15H20F3N. The molecule has 0 spiro atoms. The smallest absolute Gasteiger partial charge is 0.312 e. The Balaban J connectivity index is 1.79. The molecule has 4 heteroatoms. The molecule has 0 bridgehead atoms. The van der Waals surface area contributed by atoms with E-state index in [9.17, 15) is 13.2 Å². The monoisotopic (exact) mass is 271 g/mol. The Morgan fingerprint density at radius 3 is 2.26 bits per heavy atom. The third-order valence-electron chi connectivity index (χ3n) is 4.01. The molecule has 19 heavy (non-hydrogen) atoms. The zero-order valence-corrected chi connectivity index (χ0v) is 11.2. The Kier molecular flexibility index (Phi) is 4.19. The second kappa shape index (κ2) is 5.53. The zero-order valence-electron chi connectivity index (χ0n) is 11.2. The van der Waals surface area contributed by atoms with E-state index in [4.69, 9.17) is 0 Å². The number of nitrogens with one attached hydrogen (secondary N) is 1. The summed E-state index contributed by atoms with van der Waals surface area (Å²) in [4.78, 5) is 0. The van der Waals surface area contributed by atoms with Crippen LogP contribution in [-0.2, 0) is 12.0 Å². The lowest BCUT2D eigenvalue weighted by Crippen LogP contribution is -2.21. The van der Waals surface area contributed by atoms with Crippen molar-refractivity contribution in [3.05, 3.63) is 35.4 Å². The van der Waals surface area contributed by atoms with Gasteiger partial charge in [-0.15, -0.1) is 0 Å². The number of benzene rings is 1. The third kappa shape index (κ3) is 3.96. The quantitative estimate of drug-likeness (QED) is 0.766. The summed E-state index contributed by atoms with van der Waals surface area (Å²) >= 11 is 0. The van der Waals surface area contributed by atoms with E-state index >= 15 is 0 Å². The van der Waals surface area contributed by atoms with E-state index in [0.29, 0.717) is 12.0 Å². The van der Waals surface area contributed by atoms with Crippen LogP contribution in [0.15, 0.2) is 24.3 Å². The van der Waals surface area contributed by atoms with Gasteiger partial charge in [0, 0.05) is 13.1 Å². The van der Waals surface area contributed by atoms with Crippen LogP contribution in [0, 0.1) is 0 Å². The first-order valence-corrected chi connectivity index (χ1v) is 6.82. The summed E-state index contributed by atoms with van der Waals surface area (Å²) in [5, 5.41) is 2.83. The lowest BCUT2D eigenvalue weighted by molar-refractivity contribution is -0.133. The van der Waals surface area contributed by atoms with Crippen molar-refractivity contribution in [3.8, 4) is 0 Å². The Morgan fingerprint density at radius 2 is 1.79 bits per heavy atom. The predicted molar refractivity (Wildman–Crippen MR) is 70.0 cm³/mol. The molecule has 1 aliphatic rings. The number of hydrogen-bond acceptors (Lipinski definition) is 1. The fourth-order valence-electron chi connectivity index (χ4n) is 2.44. The molecule has 0 atom stereocenters. The molecular weight excluding hydrogens is 251 g/mol. The van der Waals surface area contributed by atoms with Crippen molar-refractivity contribution >= 4 is 0 Å². The first-order chi connectivity index (χ1) is 8.95. The van der Waals surface area contributed by atoms with E-state index in [2.05, 4.69) is 24.4 Å². The molecule has 0 aliphatic heterocycles. The standard InChI is InChI=1S/C15H20F3N/c1-2-14(7-8-14)13-5-3-12(4-6-13)11-19-10-9-15(16,17)18/h3-6,19H,2,7-11H2,1H3. The van der Waals surface area contributed by atoms with Gasteiger partial charge in [0.15, 0.2) is 0 Å². The van der Waals surface area contributed by atoms with Crippen LogP contribution in [0.4, 0.5) is 13.2 Å². The Morgan fingerprint density at radius 1 is 1.16 bits per heavy atom. The molecule has 1 fully saturated rings. The molecule has 0 unspecified atom stereocenters. The van der Waals surface area contributed by atoms with E-state index in [-0.39, 0.29) is 6.54 Å². The number of halogens is 3. The molecule has 2 rings (SSSR count). The minimum absolute atomic E-state index is 0.0237. The van der Waals surface area contributed by atoms with Gasteiger partial charge in [-0.2, -0.15) is 13.2 Å². The Labute approximate surface area is 112 Å². The van der Waals surface area contributed by atoms with Gasteiger partial charge in [-0.25, -0.2) is 0 Å². The van der Waals surface area contributed by atoms with Crippen LogP contribution in [0.1, 0.15) is 43.7 Å². The maximum Gasteiger partial charge on any atom is 0.390 e. The fourth-order valence-corrected chi connectivity index (χ4v) is 2.44. The van der Waals surface area contributed by atoms with Crippen LogP contribution < -0.4 is 5.32 Å². The molecule has 1 aliphatic carbocycles. The van der Waals surface area contributed by atoms with E-state index in [0.717, 1.165) is 12.0 Å². The van der Waals surface area contributed by atoms with Crippen LogP contribution in [0.3, 0.4) is 0 Å².